The number of hydrogen-bond acceptors (Lipinski definition) is 2. The van der Waals surface area contributed by atoms with E-state index in [0.29, 0.717) is 0 Å². The third-order valence-corrected chi connectivity index (χ3v) is 2.57. The molecule has 0 aliphatic rings. The Kier molecular flexibility index (Phi) is 3.52. The second kappa shape index (κ2) is 4.19. The summed E-state index contributed by atoms with van der Waals surface area (Å²) >= 11 is 8.43. The molecular formula is C8H6BrClF3NO. The summed E-state index contributed by atoms with van der Waals surface area (Å²) in [6, 6.07) is 0.0102. The van der Waals surface area contributed by atoms with E-state index in [0.717, 1.165) is 6.07 Å². The lowest BCUT2D eigenvalue weighted by Crippen LogP contribution is -2.28. The van der Waals surface area contributed by atoms with Gasteiger partial charge in [-0.3, -0.25) is 0 Å². The van der Waals surface area contributed by atoms with E-state index < -0.39 is 23.5 Å². The van der Waals surface area contributed by atoms with E-state index in [4.69, 9.17) is 17.3 Å². The molecule has 0 radical (unpaired) electrons. The van der Waals surface area contributed by atoms with Crippen LogP contribution in [0.5, 0.6) is 5.75 Å². The number of halogens is 5. The van der Waals surface area contributed by atoms with Crippen LogP contribution in [0.1, 0.15) is 11.6 Å². The highest BCUT2D eigenvalue weighted by Gasteiger charge is 2.39. The van der Waals surface area contributed by atoms with Crippen molar-refractivity contribution in [3.05, 3.63) is 27.2 Å². The maximum Gasteiger partial charge on any atom is 0.407 e. The first-order chi connectivity index (χ1) is 6.73. The van der Waals surface area contributed by atoms with Crippen molar-refractivity contribution < 1.29 is 18.3 Å². The first kappa shape index (κ1) is 12.6. The summed E-state index contributed by atoms with van der Waals surface area (Å²) in [6.07, 6.45) is -4.62. The second-order valence-corrected chi connectivity index (χ2v) is 4.14. The van der Waals surface area contributed by atoms with Crippen molar-refractivity contribution in [3.8, 4) is 5.75 Å². The molecule has 3 N–H and O–H groups in total. The minimum Gasteiger partial charge on any atom is -0.506 e. The Balaban J connectivity index is 3.25. The van der Waals surface area contributed by atoms with E-state index in [2.05, 4.69) is 15.9 Å². The van der Waals surface area contributed by atoms with Crippen molar-refractivity contribution in [2.75, 3.05) is 0 Å². The smallest absolute Gasteiger partial charge is 0.407 e. The van der Waals surface area contributed by atoms with Gasteiger partial charge in [-0.1, -0.05) is 11.6 Å². The van der Waals surface area contributed by atoms with Gasteiger partial charge in [0.25, 0.3) is 0 Å². The van der Waals surface area contributed by atoms with Crippen molar-refractivity contribution in [2.45, 2.75) is 12.2 Å². The van der Waals surface area contributed by atoms with Crippen molar-refractivity contribution in [3.63, 3.8) is 0 Å². The van der Waals surface area contributed by atoms with E-state index >= 15 is 0 Å². The lowest BCUT2D eigenvalue weighted by atomic mass is 10.1. The molecule has 1 atom stereocenters. The lowest BCUT2D eigenvalue weighted by Gasteiger charge is -2.17. The lowest BCUT2D eigenvalue weighted by molar-refractivity contribution is -0.149. The van der Waals surface area contributed by atoms with E-state index in [1.807, 2.05) is 0 Å². The molecule has 0 saturated carbocycles. The van der Waals surface area contributed by atoms with Crippen LogP contribution >= 0.6 is 27.5 Å². The molecule has 0 saturated heterocycles. The van der Waals surface area contributed by atoms with E-state index in [1.54, 1.807) is 0 Å². The van der Waals surface area contributed by atoms with Crippen LogP contribution < -0.4 is 5.73 Å². The molecule has 0 aliphatic heterocycles. The van der Waals surface area contributed by atoms with Gasteiger partial charge in [-0.25, -0.2) is 0 Å². The first-order valence-electron chi connectivity index (χ1n) is 3.73. The molecule has 2 nitrogen and oxygen atoms in total. The molecule has 0 spiro atoms. The van der Waals surface area contributed by atoms with Crippen LogP contribution in [0.25, 0.3) is 0 Å². The van der Waals surface area contributed by atoms with Gasteiger partial charge in [-0.05, 0) is 28.1 Å². The summed E-state index contributed by atoms with van der Waals surface area (Å²) in [5.74, 6) is -0.552. The van der Waals surface area contributed by atoms with Crippen LogP contribution in [0.3, 0.4) is 0 Å². The van der Waals surface area contributed by atoms with Crippen molar-refractivity contribution in [1.29, 1.82) is 0 Å². The molecule has 0 aliphatic carbocycles. The molecule has 15 heavy (non-hydrogen) atoms. The number of aromatic hydroxyl groups is 1. The van der Waals surface area contributed by atoms with Crippen LogP contribution in [0.2, 0.25) is 5.02 Å². The van der Waals surface area contributed by atoms with Crippen molar-refractivity contribution >= 4 is 27.5 Å². The van der Waals surface area contributed by atoms with Gasteiger partial charge >= 0.3 is 6.18 Å². The number of nitrogens with two attached hydrogens (primary N) is 1. The van der Waals surface area contributed by atoms with Gasteiger partial charge < -0.3 is 10.8 Å². The Hall–Kier alpha value is -0.460. The van der Waals surface area contributed by atoms with E-state index in [1.165, 1.54) is 6.07 Å². The average molecular weight is 304 g/mol. The monoisotopic (exact) mass is 303 g/mol. The zero-order chi connectivity index (χ0) is 11.8. The highest BCUT2D eigenvalue weighted by Crippen LogP contribution is 2.40. The van der Waals surface area contributed by atoms with E-state index in [-0.39, 0.29) is 9.50 Å². The van der Waals surface area contributed by atoms with Crippen LogP contribution in [0.15, 0.2) is 16.6 Å². The van der Waals surface area contributed by atoms with Crippen LogP contribution in [0.4, 0.5) is 13.2 Å². The number of phenols is 1. The van der Waals surface area contributed by atoms with Gasteiger partial charge in [0.1, 0.15) is 11.8 Å². The fourth-order valence-corrected chi connectivity index (χ4v) is 1.83. The molecule has 0 unspecified atom stereocenters. The predicted molar refractivity (Wildman–Crippen MR) is 53.8 cm³/mol. The van der Waals surface area contributed by atoms with Gasteiger partial charge in [0, 0.05) is 10.6 Å². The Morgan fingerprint density at radius 1 is 1.40 bits per heavy atom. The molecule has 0 bridgehead atoms. The summed E-state index contributed by atoms with van der Waals surface area (Å²) < 4.78 is 36.9. The number of phenolic OH excluding ortho intramolecular Hbond substituents is 1. The minimum atomic E-state index is -4.62. The third-order valence-electron chi connectivity index (χ3n) is 1.75. The molecule has 84 valence electrons. The van der Waals surface area contributed by atoms with E-state index in [9.17, 15) is 18.3 Å². The molecule has 0 fully saturated rings. The van der Waals surface area contributed by atoms with Crippen LogP contribution in [-0.2, 0) is 0 Å². The highest BCUT2D eigenvalue weighted by atomic mass is 79.9. The second-order valence-electron chi connectivity index (χ2n) is 2.84. The summed E-state index contributed by atoms with van der Waals surface area (Å²) in [7, 11) is 0. The Morgan fingerprint density at radius 3 is 2.40 bits per heavy atom. The van der Waals surface area contributed by atoms with Crippen molar-refractivity contribution in [2.24, 2.45) is 5.73 Å². The fourth-order valence-electron chi connectivity index (χ4n) is 0.999. The Bertz CT molecular complexity index is 383. The largest absolute Gasteiger partial charge is 0.506 e. The number of hydrogen-bond donors (Lipinski definition) is 2. The normalized spacial score (nSPS) is 14.0. The van der Waals surface area contributed by atoms with Crippen LogP contribution in [-0.4, -0.2) is 11.3 Å². The zero-order valence-electron chi connectivity index (χ0n) is 7.15. The molecule has 0 aromatic heterocycles. The van der Waals surface area contributed by atoms with Gasteiger partial charge in [0.15, 0.2) is 0 Å². The quantitative estimate of drug-likeness (QED) is 0.835. The predicted octanol–water partition coefficient (Wildman–Crippen LogP) is 3.37. The topological polar surface area (TPSA) is 46.2 Å². The van der Waals surface area contributed by atoms with Gasteiger partial charge in [-0.15, -0.1) is 0 Å². The molecule has 1 aromatic rings. The number of alkyl halides is 3. The molecule has 1 aromatic carbocycles. The zero-order valence-corrected chi connectivity index (χ0v) is 9.49. The summed E-state index contributed by atoms with van der Waals surface area (Å²) in [6.45, 7) is 0. The molecule has 0 heterocycles. The maximum atomic E-state index is 12.3. The number of rotatable bonds is 1. The fraction of sp³-hybridized carbons (Fsp3) is 0.250. The first-order valence-corrected chi connectivity index (χ1v) is 4.90. The average Bonchev–Trinajstić information content (AvgIpc) is 2.08. The maximum absolute atomic E-state index is 12.3. The molecule has 0 amide bonds. The van der Waals surface area contributed by atoms with Crippen molar-refractivity contribution in [1.82, 2.24) is 0 Å². The molecular weight excluding hydrogens is 298 g/mol. The Labute approximate surface area is 97.0 Å². The summed E-state index contributed by atoms with van der Waals surface area (Å²) in [5.41, 5.74) is 4.49. The molecule has 7 heteroatoms. The summed E-state index contributed by atoms with van der Waals surface area (Å²) in [5, 5.41) is 9.43. The molecule has 1 rings (SSSR count). The number of benzene rings is 1. The SMILES string of the molecule is N[C@@H](c1cc(Cl)cc(Br)c1O)C(F)(F)F. The third kappa shape index (κ3) is 2.76. The van der Waals surface area contributed by atoms with Crippen LogP contribution in [0, 0.1) is 0 Å². The minimum absolute atomic E-state index is 0.0642. The standard InChI is InChI=1S/C8H6BrClF3NO/c9-5-2-3(10)1-4(6(5)15)7(14)8(11,12)13/h1-2,7,15H,14H2/t7-/m0/s1. The van der Waals surface area contributed by atoms with Gasteiger partial charge in [-0.2, -0.15) is 13.2 Å². The highest BCUT2D eigenvalue weighted by molar-refractivity contribution is 9.10. The van der Waals surface area contributed by atoms with Gasteiger partial charge in [0.05, 0.1) is 4.47 Å². The Morgan fingerprint density at radius 2 is 1.93 bits per heavy atom. The van der Waals surface area contributed by atoms with Gasteiger partial charge in [0.2, 0.25) is 0 Å². The summed E-state index contributed by atoms with van der Waals surface area (Å²) in [4.78, 5) is 0.